The molecule has 1 aromatic carbocycles. The van der Waals surface area contributed by atoms with Crippen LogP contribution in [0.2, 0.25) is 18.1 Å². The molecule has 1 aromatic heterocycles. The van der Waals surface area contributed by atoms with Crippen molar-refractivity contribution in [1.29, 1.82) is 5.26 Å². The summed E-state index contributed by atoms with van der Waals surface area (Å²) in [7, 11) is -1.65. The van der Waals surface area contributed by atoms with Crippen LogP contribution < -0.4 is 0 Å². The van der Waals surface area contributed by atoms with Crippen LogP contribution in [0.15, 0.2) is 30.5 Å². The topological polar surface area (TPSA) is 38.0 Å². The van der Waals surface area contributed by atoms with Crippen molar-refractivity contribution in [3.63, 3.8) is 0 Å². The Morgan fingerprint density at radius 2 is 1.95 bits per heavy atom. The van der Waals surface area contributed by atoms with Crippen molar-refractivity contribution in [2.24, 2.45) is 0 Å². The van der Waals surface area contributed by atoms with Crippen LogP contribution >= 0.6 is 0 Å². The van der Waals surface area contributed by atoms with Gasteiger partial charge in [0.2, 0.25) is 0 Å². The third-order valence-electron chi connectivity index (χ3n) is 4.72. The van der Waals surface area contributed by atoms with E-state index in [1.165, 1.54) is 5.39 Å². The van der Waals surface area contributed by atoms with Crippen molar-refractivity contribution in [1.82, 2.24) is 4.57 Å². The standard InChI is InChI=1S/C18H26N2OSi/c1-18(2,3)22(4,5)21-12-6-10-20-11-9-16-8-7-15(14-19)13-17(16)20/h7-9,11,13H,6,10,12H2,1-5H3. The molecule has 0 amide bonds. The van der Waals surface area contributed by atoms with Crippen molar-refractivity contribution in [3.05, 3.63) is 36.0 Å². The number of nitriles is 1. The first-order valence-corrected chi connectivity index (χ1v) is 10.8. The van der Waals surface area contributed by atoms with Gasteiger partial charge in [-0.3, -0.25) is 0 Å². The summed E-state index contributed by atoms with van der Waals surface area (Å²) in [5, 5.41) is 10.5. The van der Waals surface area contributed by atoms with Gasteiger partial charge in [0.1, 0.15) is 0 Å². The minimum Gasteiger partial charge on any atom is -0.417 e. The summed E-state index contributed by atoms with van der Waals surface area (Å²) in [5.41, 5.74) is 1.84. The highest BCUT2D eigenvalue weighted by Crippen LogP contribution is 2.36. The molecule has 118 valence electrons. The van der Waals surface area contributed by atoms with E-state index in [1.54, 1.807) is 0 Å². The Kier molecular flexibility index (Phi) is 4.79. The van der Waals surface area contributed by atoms with Crippen LogP contribution in [0.25, 0.3) is 10.9 Å². The van der Waals surface area contributed by atoms with Crippen molar-refractivity contribution in [3.8, 4) is 6.07 Å². The molecule has 0 aliphatic heterocycles. The Balaban J connectivity index is 1.97. The van der Waals surface area contributed by atoms with Gasteiger partial charge >= 0.3 is 0 Å². The molecule has 0 atom stereocenters. The molecule has 1 heterocycles. The van der Waals surface area contributed by atoms with Gasteiger partial charge in [0.25, 0.3) is 0 Å². The van der Waals surface area contributed by atoms with Gasteiger partial charge in [-0.15, -0.1) is 0 Å². The summed E-state index contributed by atoms with van der Waals surface area (Å²) in [6.45, 7) is 13.1. The minimum absolute atomic E-state index is 0.259. The van der Waals surface area contributed by atoms with E-state index in [0.717, 1.165) is 25.1 Å². The fourth-order valence-corrected chi connectivity index (χ4v) is 3.31. The Hall–Kier alpha value is -1.57. The van der Waals surface area contributed by atoms with Crippen LogP contribution in [-0.4, -0.2) is 19.5 Å². The van der Waals surface area contributed by atoms with Gasteiger partial charge in [-0.1, -0.05) is 26.8 Å². The molecule has 0 spiro atoms. The third-order valence-corrected chi connectivity index (χ3v) is 9.25. The molecule has 0 N–H and O–H groups in total. The molecule has 0 saturated heterocycles. The smallest absolute Gasteiger partial charge is 0.191 e. The fourth-order valence-electron chi connectivity index (χ4n) is 2.23. The molecule has 0 bridgehead atoms. The van der Waals surface area contributed by atoms with E-state index in [0.29, 0.717) is 5.56 Å². The molecule has 0 unspecified atom stereocenters. The van der Waals surface area contributed by atoms with E-state index in [1.807, 2.05) is 18.2 Å². The molecule has 2 aromatic rings. The lowest BCUT2D eigenvalue weighted by Gasteiger charge is -2.36. The summed E-state index contributed by atoms with van der Waals surface area (Å²) in [5.74, 6) is 0. The number of nitrogens with zero attached hydrogens (tertiary/aromatic N) is 2. The van der Waals surface area contributed by atoms with Crippen molar-refractivity contribution < 1.29 is 4.43 Å². The van der Waals surface area contributed by atoms with E-state index in [4.69, 9.17) is 9.69 Å². The van der Waals surface area contributed by atoms with Crippen LogP contribution in [0.1, 0.15) is 32.8 Å². The maximum Gasteiger partial charge on any atom is 0.191 e. The van der Waals surface area contributed by atoms with E-state index in [-0.39, 0.29) is 5.04 Å². The predicted molar refractivity (Wildman–Crippen MR) is 94.4 cm³/mol. The maximum atomic E-state index is 9.03. The first kappa shape index (κ1) is 16.8. The second-order valence-corrected chi connectivity index (χ2v) is 12.2. The normalized spacial score (nSPS) is 12.5. The van der Waals surface area contributed by atoms with E-state index in [9.17, 15) is 0 Å². The molecule has 3 nitrogen and oxygen atoms in total. The first-order chi connectivity index (χ1) is 10.2. The number of benzene rings is 1. The van der Waals surface area contributed by atoms with E-state index < -0.39 is 8.32 Å². The molecular formula is C18H26N2OSi. The van der Waals surface area contributed by atoms with Gasteiger partial charge in [0.05, 0.1) is 11.6 Å². The molecule has 2 rings (SSSR count). The molecule has 0 aliphatic rings. The average Bonchev–Trinajstić information content (AvgIpc) is 2.84. The van der Waals surface area contributed by atoms with Gasteiger partial charge in [0.15, 0.2) is 8.32 Å². The van der Waals surface area contributed by atoms with E-state index in [2.05, 4.69) is 56.8 Å². The quantitative estimate of drug-likeness (QED) is 0.580. The number of aryl methyl sites for hydroxylation is 1. The molecule has 0 fully saturated rings. The zero-order chi connectivity index (χ0) is 16.4. The highest BCUT2D eigenvalue weighted by Gasteiger charge is 2.36. The summed E-state index contributed by atoms with van der Waals surface area (Å²) in [6.07, 6.45) is 3.09. The third kappa shape index (κ3) is 3.60. The first-order valence-electron chi connectivity index (χ1n) is 7.87. The highest BCUT2D eigenvalue weighted by atomic mass is 28.4. The van der Waals surface area contributed by atoms with Gasteiger partial charge < -0.3 is 8.99 Å². The Morgan fingerprint density at radius 1 is 1.23 bits per heavy atom. The summed E-state index contributed by atoms with van der Waals surface area (Å²) in [6, 6.07) is 10.2. The van der Waals surface area contributed by atoms with Crippen molar-refractivity contribution in [2.45, 2.75) is 51.9 Å². The predicted octanol–water partition coefficient (Wildman–Crippen LogP) is 4.92. The van der Waals surface area contributed by atoms with Crippen molar-refractivity contribution in [2.75, 3.05) is 6.61 Å². The average molecular weight is 315 g/mol. The van der Waals surface area contributed by atoms with Crippen LogP contribution in [0.4, 0.5) is 0 Å². The van der Waals surface area contributed by atoms with E-state index >= 15 is 0 Å². The number of hydrogen-bond acceptors (Lipinski definition) is 2. The van der Waals surface area contributed by atoms with Crippen LogP contribution in [-0.2, 0) is 11.0 Å². The lowest BCUT2D eigenvalue weighted by Crippen LogP contribution is -2.41. The highest BCUT2D eigenvalue weighted by molar-refractivity contribution is 6.74. The Bertz CT molecular complexity index is 689. The molecule has 0 radical (unpaired) electrons. The zero-order valence-corrected chi connectivity index (χ0v) is 15.3. The number of hydrogen-bond donors (Lipinski definition) is 0. The molecule has 22 heavy (non-hydrogen) atoms. The second-order valence-electron chi connectivity index (χ2n) is 7.36. The monoisotopic (exact) mass is 314 g/mol. The van der Waals surface area contributed by atoms with Gasteiger partial charge in [-0.2, -0.15) is 5.26 Å². The van der Waals surface area contributed by atoms with Gasteiger partial charge in [0, 0.05) is 24.9 Å². The van der Waals surface area contributed by atoms with Gasteiger partial charge in [-0.05, 0) is 48.1 Å². The van der Waals surface area contributed by atoms with Crippen LogP contribution in [0.5, 0.6) is 0 Å². The van der Waals surface area contributed by atoms with Gasteiger partial charge in [-0.25, -0.2) is 0 Å². The van der Waals surface area contributed by atoms with Crippen molar-refractivity contribution >= 4 is 19.2 Å². The lowest BCUT2D eigenvalue weighted by molar-refractivity contribution is 0.276. The summed E-state index contributed by atoms with van der Waals surface area (Å²) < 4.78 is 8.44. The molecule has 4 heteroatoms. The largest absolute Gasteiger partial charge is 0.417 e. The van der Waals surface area contributed by atoms with Crippen LogP contribution in [0, 0.1) is 11.3 Å². The number of rotatable bonds is 5. The minimum atomic E-state index is -1.65. The molecule has 0 aliphatic carbocycles. The van der Waals surface area contributed by atoms with Crippen LogP contribution in [0.3, 0.4) is 0 Å². The Morgan fingerprint density at radius 3 is 2.59 bits per heavy atom. The summed E-state index contributed by atoms with van der Waals surface area (Å²) >= 11 is 0. The number of aromatic nitrogens is 1. The zero-order valence-electron chi connectivity index (χ0n) is 14.3. The number of fused-ring (bicyclic) bond motifs is 1. The molecule has 0 saturated carbocycles. The second kappa shape index (κ2) is 6.27. The molecular weight excluding hydrogens is 288 g/mol. The summed E-state index contributed by atoms with van der Waals surface area (Å²) in [4.78, 5) is 0. The SMILES string of the molecule is CC(C)(C)[Si](C)(C)OCCCn1ccc2ccc(C#N)cc21. The lowest BCUT2D eigenvalue weighted by atomic mass is 10.2. The Labute approximate surface area is 134 Å². The fraction of sp³-hybridized carbons (Fsp3) is 0.500. The maximum absolute atomic E-state index is 9.03.